The molecule has 3 nitrogen and oxygen atoms in total. The van der Waals surface area contributed by atoms with Crippen LogP contribution in [-0.4, -0.2) is 28.6 Å². The SMILES string of the molecule is O=C(Nc1ccc(C#CCCO)c(F)c1)C1CCCS1. The number of aliphatic hydroxyl groups is 1. The molecule has 1 aliphatic rings. The normalized spacial score (nSPS) is 17.4. The minimum Gasteiger partial charge on any atom is -0.395 e. The van der Waals surface area contributed by atoms with E-state index in [9.17, 15) is 9.18 Å². The van der Waals surface area contributed by atoms with Gasteiger partial charge in [-0.05, 0) is 36.8 Å². The summed E-state index contributed by atoms with van der Waals surface area (Å²) in [6, 6.07) is 4.46. The van der Waals surface area contributed by atoms with Crippen LogP contribution >= 0.6 is 11.8 Å². The van der Waals surface area contributed by atoms with Crippen molar-refractivity contribution in [3.8, 4) is 11.8 Å². The van der Waals surface area contributed by atoms with Gasteiger partial charge in [-0.15, -0.1) is 11.8 Å². The molecule has 1 amide bonds. The number of carbonyl (C=O) groups is 1. The number of rotatable bonds is 3. The number of thioether (sulfide) groups is 1. The molecule has 1 fully saturated rings. The fourth-order valence-electron chi connectivity index (χ4n) is 1.92. The van der Waals surface area contributed by atoms with Gasteiger partial charge < -0.3 is 10.4 Å². The molecule has 1 aromatic carbocycles. The van der Waals surface area contributed by atoms with Gasteiger partial charge in [-0.25, -0.2) is 4.39 Å². The van der Waals surface area contributed by atoms with E-state index >= 15 is 0 Å². The fraction of sp³-hybridized carbons (Fsp3) is 0.400. The third-order valence-electron chi connectivity index (χ3n) is 2.92. The lowest BCUT2D eigenvalue weighted by Crippen LogP contribution is -2.22. The summed E-state index contributed by atoms with van der Waals surface area (Å²) in [6.45, 7) is -0.0399. The van der Waals surface area contributed by atoms with Crippen LogP contribution in [0.5, 0.6) is 0 Å². The molecule has 106 valence electrons. The van der Waals surface area contributed by atoms with E-state index in [0.29, 0.717) is 12.1 Å². The van der Waals surface area contributed by atoms with Crippen LogP contribution in [0.3, 0.4) is 0 Å². The first kappa shape index (κ1) is 14.9. The molecule has 1 atom stereocenters. The average molecular weight is 293 g/mol. The molecular formula is C15H16FNO2S. The van der Waals surface area contributed by atoms with Crippen molar-refractivity contribution in [3.05, 3.63) is 29.6 Å². The summed E-state index contributed by atoms with van der Waals surface area (Å²) in [4.78, 5) is 11.9. The minimum absolute atomic E-state index is 0.0258. The topological polar surface area (TPSA) is 49.3 Å². The number of nitrogens with one attached hydrogen (secondary N) is 1. The van der Waals surface area contributed by atoms with Crippen molar-refractivity contribution in [2.24, 2.45) is 0 Å². The smallest absolute Gasteiger partial charge is 0.237 e. The predicted molar refractivity (Wildman–Crippen MR) is 79.1 cm³/mol. The lowest BCUT2D eigenvalue weighted by molar-refractivity contribution is -0.115. The summed E-state index contributed by atoms with van der Waals surface area (Å²) in [5.41, 5.74) is 0.722. The van der Waals surface area contributed by atoms with Gasteiger partial charge in [0.2, 0.25) is 5.91 Å². The van der Waals surface area contributed by atoms with Crippen molar-refractivity contribution in [3.63, 3.8) is 0 Å². The van der Waals surface area contributed by atoms with Gasteiger partial charge in [0.05, 0.1) is 17.4 Å². The molecule has 5 heteroatoms. The quantitative estimate of drug-likeness (QED) is 0.841. The molecule has 1 aliphatic heterocycles. The van der Waals surface area contributed by atoms with Gasteiger partial charge in [-0.3, -0.25) is 4.79 Å². The molecule has 0 radical (unpaired) electrons. The van der Waals surface area contributed by atoms with E-state index in [0.717, 1.165) is 18.6 Å². The van der Waals surface area contributed by atoms with E-state index in [1.807, 2.05) is 0 Å². The second kappa shape index (κ2) is 7.32. The van der Waals surface area contributed by atoms with Crippen LogP contribution in [0.2, 0.25) is 0 Å². The van der Waals surface area contributed by atoms with Crippen molar-refractivity contribution >= 4 is 23.4 Å². The van der Waals surface area contributed by atoms with Crippen LogP contribution in [0, 0.1) is 17.7 Å². The molecule has 1 aromatic rings. The van der Waals surface area contributed by atoms with E-state index in [2.05, 4.69) is 17.2 Å². The Morgan fingerprint density at radius 1 is 1.55 bits per heavy atom. The van der Waals surface area contributed by atoms with E-state index in [1.165, 1.54) is 12.1 Å². The third kappa shape index (κ3) is 3.99. The van der Waals surface area contributed by atoms with Gasteiger partial charge >= 0.3 is 0 Å². The molecular weight excluding hydrogens is 277 g/mol. The number of amides is 1. The standard InChI is InChI=1S/C15H16FNO2S/c16-13-10-12(7-6-11(13)4-1-2-8-18)17-15(19)14-5-3-9-20-14/h6-7,10,14,18H,2-3,5,8-9H2,(H,17,19). The average Bonchev–Trinajstić information content (AvgIpc) is 2.95. The van der Waals surface area contributed by atoms with Gasteiger partial charge in [0.15, 0.2) is 0 Å². The number of anilines is 1. The first-order valence-electron chi connectivity index (χ1n) is 6.52. The van der Waals surface area contributed by atoms with E-state index in [1.54, 1.807) is 17.8 Å². The second-order valence-electron chi connectivity index (χ2n) is 4.46. The largest absolute Gasteiger partial charge is 0.395 e. The summed E-state index contributed by atoms with van der Waals surface area (Å²) in [5.74, 6) is 5.79. The summed E-state index contributed by atoms with van der Waals surface area (Å²) in [5, 5.41) is 11.3. The zero-order chi connectivity index (χ0) is 14.4. The van der Waals surface area contributed by atoms with Crippen molar-refractivity contribution in [1.82, 2.24) is 0 Å². The monoisotopic (exact) mass is 293 g/mol. The van der Waals surface area contributed by atoms with Crippen LogP contribution in [0.25, 0.3) is 0 Å². The number of benzene rings is 1. The molecule has 0 spiro atoms. The molecule has 0 saturated carbocycles. The lowest BCUT2D eigenvalue weighted by Gasteiger charge is -2.10. The summed E-state index contributed by atoms with van der Waals surface area (Å²) < 4.78 is 13.8. The molecule has 1 saturated heterocycles. The molecule has 0 bridgehead atoms. The fourth-order valence-corrected chi connectivity index (χ4v) is 3.08. The Balaban J connectivity index is 2.01. The van der Waals surface area contributed by atoms with E-state index < -0.39 is 5.82 Å². The summed E-state index contributed by atoms with van der Waals surface area (Å²) in [7, 11) is 0. The molecule has 0 aliphatic carbocycles. The molecule has 0 aromatic heterocycles. The number of carbonyl (C=O) groups excluding carboxylic acids is 1. The van der Waals surface area contributed by atoms with Gasteiger partial charge in [0, 0.05) is 12.1 Å². The van der Waals surface area contributed by atoms with Gasteiger partial charge in [-0.1, -0.05) is 11.8 Å². The van der Waals surface area contributed by atoms with Gasteiger partial charge in [0.1, 0.15) is 5.82 Å². The maximum Gasteiger partial charge on any atom is 0.237 e. The zero-order valence-corrected chi connectivity index (χ0v) is 11.8. The van der Waals surface area contributed by atoms with E-state index in [4.69, 9.17) is 5.11 Å². The lowest BCUT2D eigenvalue weighted by atomic mass is 10.2. The minimum atomic E-state index is -0.465. The highest BCUT2D eigenvalue weighted by Gasteiger charge is 2.23. The second-order valence-corrected chi connectivity index (χ2v) is 5.77. The first-order chi connectivity index (χ1) is 9.70. The maximum absolute atomic E-state index is 13.8. The Morgan fingerprint density at radius 3 is 3.05 bits per heavy atom. The first-order valence-corrected chi connectivity index (χ1v) is 7.57. The Labute approximate surface area is 122 Å². The number of hydrogen-bond acceptors (Lipinski definition) is 3. The Hall–Kier alpha value is -1.51. The molecule has 1 unspecified atom stereocenters. The van der Waals surface area contributed by atoms with Crippen molar-refractivity contribution in [1.29, 1.82) is 0 Å². The van der Waals surface area contributed by atoms with Gasteiger partial charge in [0.25, 0.3) is 0 Å². The van der Waals surface area contributed by atoms with Crippen LogP contribution in [-0.2, 0) is 4.79 Å². The maximum atomic E-state index is 13.8. The number of aliphatic hydroxyl groups excluding tert-OH is 1. The molecule has 20 heavy (non-hydrogen) atoms. The number of halogens is 1. The van der Waals surface area contributed by atoms with Gasteiger partial charge in [-0.2, -0.15) is 0 Å². The van der Waals surface area contributed by atoms with Crippen LogP contribution < -0.4 is 5.32 Å². The summed E-state index contributed by atoms with van der Waals surface area (Å²) >= 11 is 1.64. The Kier molecular flexibility index (Phi) is 5.45. The van der Waals surface area contributed by atoms with Crippen molar-refractivity contribution < 1.29 is 14.3 Å². The van der Waals surface area contributed by atoms with Crippen molar-refractivity contribution in [2.45, 2.75) is 24.5 Å². The third-order valence-corrected chi connectivity index (χ3v) is 4.30. The van der Waals surface area contributed by atoms with Crippen LogP contribution in [0.15, 0.2) is 18.2 Å². The molecule has 2 N–H and O–H groups in total. The Morgan fingerprint density at radius 2 is 2.40 bits per heavy atom. The molecule has 2 rings (SSSR count). The zero-order valence-electron chi connectivity index (χ0n) is 11.0. The predicted octanol–water partition coefficient (Wildman–Crippen LogP) is 2.39. The highest BCUT2D eigenvalue weighted by Crippen LogP contribution is 2.27. The Bertz CT molecular complexity index is 545. The summed E-state index contributed by atoms with van der Waals surface area (Å²) in [6.07, 6.45) is 2.25. The highest BCUT2D eigenvalue weighted by molar-refractivity contribution is 8.00. The van der Waals surface area contributed by atoms with Crippen LogP contribution in [0.1, 0.15) is 24.8 Å². The van der Waals surface area contributed by atoms with Crippen molar-refractivity contribution in [2.75, 3.05) is 17.7 Å². The van der Waals surface area contributed by atoms with Crippen LogP contribution in [0.4, 0.5) is 10.1 Å². The van der Waals surface area contributed by atoms with E-state index in [-0.39, 0.29) is 23.3 Å². The highest BCUT2D eigenvalue weighted by atomic mass is 32.2. The molecule has 1 heterocycles. The number of hydrogen-bond donors (Lipinski definition) is 2.